The summed E-state index contributed by atoms with van der Waals surface area (Å²) in [5.41, 5.74) is 2.74. The van der Waals surface area contributed by atoms with Crippen molar-refractivity contribution in [3.05, 3.63) is 47.5 Å². The molecule has 1 fully saturated rings. The highest BCUT2D eigenvalue weighted by Crippen LogP contribution is 2.32. The molecule has 1 aliphatic carbocycles. The maximum Gasteiger partial charge on any atom is 0.0713 e. The second-order valence-electron chi connectivity index (χ2n) is 6.09. The van der Waals surface area contributed by atoms with Gasteiger partial charge >= 0.3 is 0 Å². The molecule has 0 unspecified atom stereocenters. The summed E-state index contributed by atoms with van der Waals surface area (Å²) in [5.74, 6) is 1.79. The Hall–Kier alpha value is -1.08. The van der Waals surface area contributed by atoms with Crippen molar-refractivity contribution >= 4 is 0 Å². The lowest BCUT2D eigenvalue weighted by molar-refractivity contribution is 0.185. The average molecular weight is 272 g/mol. The normalized spacial score (nSPS) is 23.3. The van der Waals surface area contributed by atoms with E-state index in [9.17, 15) is 0 Å². The van der Waals surface area contributed by atoms with Gasteiger partial charge in [-0.1, -0.05) is 36.4 Å². The van der Waals surface area contributed by atoms with Gasteiger partial charge in [-0.15, -0.1) is 0 Å². The summed E-state index contributed by atoms with van der Waals surface area (Å²) < 4.78 is 5.15. The molecule has 20 heavy (non-hydrogen) atoms. The lowest BCUT2D eigenvalue weighted by Gasteiger charge is -2.26. The number of allylic oxidation sites excluding steroid dienone is 2. The molecule has 1 aromatic rings. The Labute approximate surface area is 124 Å². The molecule has 0 radical (unpaired) electrons. The standard InChI is InChI=1S/C19H28O/c1-3-4-16-5-7-17(8-6-16)9-10-18-11-13-19(14-12-18)15-20-2/h3-4,11-14,16-17H,5-10,15H2,1-2H3/b4-3+. The van der Waals surface area contributed by atoms with Crippen LogP contribution in [0.3, 0.4) is 0 Å². The lowest BCUT2D eigenvalue weighted by Crippen LogP contribution is -2.13. The third-order valence-electron chi connectivity index (χ3n) is 4.53. The van der Waals surface area contributed by atoms with E-state index in [4.69, 9.17) is 4.74 Å². The maximum atomic E-state index is 5.15. The van der Waals surface area contributed by atoms with Gasteiger partial charge in [0.05, 0.1) is 6.61 Å². The van der Waals surface area contributed by atoms with Gasteiger partial charge in [0.1, 0.15) is 0 Å². The second kappa shape index (κ2) is 8.26. The van der Waals surface area contributed by atoms with Crippen molar-refractivity contribution < 1.29 is 4.74 Å². The molecule has 1 aromatic carbocycles. The highest BCUT2D eigenvalue weighted by atomic mass is 16.5. The van der Waals surface area contributed by atoms with Crippen molar-refractivity contribution in [1.82, 2.24) is 0 Å². The van der Waals surface area contributed by atoms with Gasteiger partial charge in [0.15, 0.2) is 0 Å². The third kappa shape index (κ3) is 4.79. The van der Waals surface area contributed by atoms with E-state index in [2.05, 4.69) is 43.3 Å². The first-order valence-electron chi connectivity index (χ1n) is 8.01. The number of aryl methyl sites for hydroxylation is 1. The van der Waals surface area contributed by atoms with Crippen LogP contribution < -0.4 is 0 Å². The van der Waals surface area contributed by atoms with Crippen molar-refractivity contribution in [3.8, 4) is 0 Å². The van der Waals surface area contributed by atoms with Crippen LogP contribution in [0.25, 0.3) is 0 Å². The quantitative estimate of drug-likeness (QED) is 0.651. The SMILES string of the molecule is C/C=C/C1CCC(CCc2ccc(COC)cc2)CC1. The van der Waals surface area contributed by atoms with E-state index >= 15 is 0 Å². The molecule has 0 saturated heterocycles. The monoisotopic (exact) mass is 272 g/mol. The predicted octanol–water partition coefficient (Wildman–Crippen LogP) is 5.15. The Morgan fingerprint density at radius 3 is 2.30 bits per heavy atom. The van der Waals surface area contributed by atoms with Crippen molar-refractivity contribution in [2.24, 2.45) is 11.8 Å². The van der Waals surface area contributed by atoms with E-state index in [1.165, 1.54) is 49.7 Å². The van der Waals surface area contributed by atoms with E-state index in [1.807, 2.05) is 0 Å². The second-order valence-corrected chi connectivity index (χ2v) is 6.09. The molecule has 1 saturated carbocycles. The number of ether oxygens (including phenoxy) is 1. The summed E-state index contributed by atoms with van der Waals surface area (Å²) in [6.45, 7) is 2.86. The number of hydrogen-bond donors (Lipinski definition) is 0. The van der Waals surface area contributed by atoms with Crippen LogP contribution in [0.4, 0.5) is 0 Å². The van der Waals surface area contributed by atoms with Crippen molar-refractivity contribution in [2.75, 3.05) is 7.11 Å². The number of rotatable bonds is 6. The van der Waals surface area contributed by atoms with Crippen molar-refractivity contribution in [3.63, 3.8) is 0 Å². The minimum Gasteiger partial charge on any atom is -0.380 e. The first-order valence-corrected chi connectivity index (χ1v) is 8.01. The minimum atomic E-state index is 0.717. The fraction of sp³-hybridized carbons (Fsp3) is 0.579. The van der Waals surface area contributed by atoms with Crippen LogP contribution in [0.5, 0.6) is 0 Å². The van der Waals surface area contributed by atoms with Gasteiger partial charge in [-0.25, -0.2) is 0 Å². The maximum absolute atomic E-state index is 5.15. The molecule has 110 valence electrons. The van der Waals surface area contributed by atoms with Crippen molar-refractivity contribution in [1.29, 1.82) is 0 Å². The molecule has 0 amide bonds. The Kier molecular flexibility index (Phi) is 6.32. The van der Waals surface area contributed by atoms with E-state index in [1.54, 1.807) is 7.11 Å². The van der Waals surface area contributed by atoms with E-state index in [0.717, 1.165) is 18.4 Å². The topological polar surface area (TPSA) is 9.23 Å². The van der Waals surface area contributed by atoms with Crippen molar-refractivity contribution in [2.45, 2.75) is 52.1 Å². The van der Waals surface area contributed by atoms with Gasteiger partial charge in [0, 0.05) is 7.11 Å². The number of hydrogen-bond acceptors (Lipinski definition) is 1. The Morgan fingerprint density at radius 1 is 1.05 bits per heavy atom. The predicted molar refractivity (Wildman–Crippen MR) is 85.7 cm³/mol. The zero-order chi connectivity index (χ0) is 14.2. The minimum absolute atomic E-state index is 0.717. The summed E-state index contributed by atoms with van der Waals surface area (Å²) in [4.78, 5) is 0. The van der Waals surface area contributed by atoms with Gasteiger partial charge in [-0.2, -0.15) is 0 Å². The van der Waals surface area contributed by atoms with E-state index < -0.39 is 0 Å². The Morgan fingerprint density at radius 2 is 1.70 bits per heavy atom. The summed E-state index contributed by atoms with van der Waals surface area (Å²) >= 11 is 0. The zero-order valence-corrected chi connectivity index (χ0v) is 13.0. The summed E-state index contributed by atoms with van der Waals surface area (Å²) in [5, 5.41) is 0. The van der Waals surface area contributed by atoms with Crippen LogP contribution in [0.15, 0.2) is 36.4 Å². The highest BCUT2D eigenvalue weighted by Gasteiger charge is 2.18. The van der Waals surface area contributed by atoms with E-state index in [0.29, 0.717) is 0 Å². The molecule has 0 aliphatic heterocycles. The first-order chi connectivity index (χ1) is 9.81. The van der Waals surface area contributed by atoms with Crippen LogP contribution >= 0.6 is 0 Å². The molecular formula is C19H28O. The fourth-order valence-electron chi connectivity index (χ4n) is 3.28. The van der Waals surface area contributed by atoms with Gasteiger partial charge in [0.2, 0.25) is 0 Å². The summed E-state index contributed by atoms with van der Waals surface area (Å²) in [7, 11) is 1.75. The van der Waals surface area contributed by atoms with Crippen LogP contribution in [0, 0.1) is 11.8 Å². The third-order valence-corrected chi connectivity index (χ3v) is 4.53. The smallest absolute Gasteiger partial charge is 0.0713 e. The molecule has 0 bridgehead atoms. The van der Waals surface area contributed by atoms with Crippen LogP contribution in [0.2, 0.25) is 0 Å². The molecule has 0 aromatic heterocycles. The van der Waals surface area contributed by atoms with Gasteiger partial charge in [0.25, 0.3) is 0 Å². The molecule has 0 N–H and O–H groups in total. The zero-order valence-electron chi connectivity index (χ0n) is 13.0. The molecule has 1 aliphatic rings. The van der Waals surface area contributed by atoms with Gasteiger partial charge in [-0.05, 0) is 68.4 Å². The fourth-order valence-corrected chi connectivity index (χ4v) is 3.28. The lowest BCUT2D eigenvalue weighted by atomic mass is 9.79. The van der Waals surface area contributed by atoms with Crippen LogP contribution in [-0.4, -0.2) is 7.11 Å². The molecule has 1 heteroatoms. The molecule has 0 atom stereocenters. The molecule has 0 heterocycles. The number of benzene rings is 1. The molecule has 2 rings (SSSR count). The van der Waals surface area contributed by atoms with Gasteiger partial charge < -0.3 is 4.74 Å². The Balaban J connectivity index is 1.73. The summed E-state index contributed by atoms with van der Waals surface area (Å²) in [6, 6.07) is 8.92. The highest BCUT2D eigenvalue weighted by molar-refractivity contribution is 5.22. The summed E-state index contributed by atoms with van der Waals surface area (Å²) in [6.07, 6.45) is 12.8. The Bertz CT molecular complexity index is 396. The van der Waals surface area contributed by atoms with Crippen LogP contribution in [0.1, 0.15) is 50.2 Å². The average Bonchev–Trinajstić information content (AvgIpc) is 2.49. The number of methoxy groups -OCH3 is 1. The largest absolute Gasteiger partial charge is 0.380 e. The van der Waals surface area contributed by atoms with E-state index in [-0.39, 0.29) is 0 Å². The van der Waals surface area contributed by atoms with Gasteiger partial charge in [-0.3, -0.25) is 0 Å². The molecule has 1 nitrogen and oxygen atoms in total. The first kappa shape index (κ1) is 15.3. The van der Waals surface area contributed by atoms with Crippen LogP contribution in [-0.2, 0) is 17.8 Å². The molecular weight excluding hydrogens is 244 g/mol. The molecule has 0 spiro atoms.